The average molecular weight is 381 g/mol. The zero-order valence-corrected chi connectivity index (χ0v) is 15.5. The van der Waals surface area contributed by atoms with Gasteiger partial charge in [0, 0.05) is 22.7 Å². The third-order valence-electron chi connectivity index (χ3n) is 4.63. The molecule has 0 unspecified atom stereocenters. The molecule has 0 saturated carbocycles. The molecule has 1 aromatic heterocycles. The molecule has 28 heavy (non-hydrogen) atoms. The van der Waals surface area contributed by atoms with Crippen molar-refractivity contribution in [3.63, 3.8) is 0 Å². The van der Waals surface area contributed by atoms with E-state index < -0.39 is 11.9 Å². The van der Waals surface area contributed by atoms with Crippen LogP contribution in [0.1, 0.15) is 16.7 Å². The molecule has 1 aliphatic heterocycles. The Bertz CT molecular complexity index is 1070. The van der Waals surface area contributed by atoms with Crippen LogP contribution in [-0.4, -0.2) is 25.3 Å². The van der Waals surface area contributed by atoms with Gasteiger partial charge in [-0.2, -0.15) is 0 Å². The van der Waals surface area contributed by atoms with Crippen LogP contribution in [0.2, 0.25) is 0 Å². The molecular formula is C21H19NO6. The van der Waals surface area contributed by atoms with Crippen LogP contribution in [0.4, 0.5) is 5.69 Å². The molecule has 0 fully saturated rings. The lowest BCUT2D eigenvalue weighted by molar-refractivity contribution is -0.146. The van der Waals surface area contributed by atoms with Gasteiger partial charge in [0.25, 0.3) is 5.91 Å². The number of ether oxygens (including phenoxy) is 3. The van der Waals surface area contributed by atoms with Crippen LogP contribution in [0.5, 0.6) is 11.5 Å². The zero-order chi connectivity index (χ0) is 19.7. The molecule has 1 amide bonds. The predicted molar refractivity (Wildman–Crippen MR) is 102 cm³/mol. The molecule has 1 N–H and O–H groups in total. The van der Waals surface area contributed by atoms with Crippen LogP contribution >= 0.6 is 0 Å². The summed E-state index contributed by atoms with van der Waals surface area (Å²) in [5.41, 5.74) is 4.24. The standard InChI is InChI=1S/C21H19NO6/c1-12-5-16-14(9-25-18(16)6-13(12)2)7-21(24)26-10-20(23)22-15-3-4-17-19(8-15)28-11-27-17/h3-6,8-9H,7,10-11H2,1-2H3,(H,22,23). The number of esters is 1. The Morgan fingerprint density at radius 1 is 1.07 bits per heavy atom. The number of carbonyl (C=O) groups excluding carboxylic acids is 2. The van der Waals surface area contributed by atoms with Crippen molar-refractivity contribution in [2.75, 3.05) is 18.7 Å². The second kappa shape index (κ2) is 7.26. The quantitative estimate of drug-likeness (QED) is 0.681. The van der Waals surface area contributed by atoms with E-state index in [0.717, 1.165) is 27.7 Å². The van der Waals surface area contributed by atoms with Crippen LogP contribution in [0.25, 0.3) is 11.0 Å². The van der Waals surface area contributed by atoms with Gasteiger partial charge in [-0.05, 0) is 49.2 Å². The van der Waals surface area contributed by atoms with Crippen molar-refractivity contribution in [1.82, 2.24) is 0 Å². The van der Waals surface area contributed by atoms with Gasteiger partial charge in [0.1, 0.15) is 5.58 Å². The second-order valence-electron chi connectivity index (χ2n) is 6.65. The first-order valence-electron chi connectivity index (χ1n) is 8.82. The molecule has 0 radical (unpaired) electrons. The fraction of sp³-hybridized carbons (Fsp3) is 0.238. The highest BCUT2D eigenvalue weighted by molar-refractivity contribution is 5.93. The smallest absolute Gasteiger partial charge is 0.310 e. The number of fused-ring (bicyclic) bond motifs is 2. The normalized spacial score (nSPS) is 12.2. The topological polar surface area (TPSA) is 87.0 Å². The minimum absolute atomic E-state index is 0.0345. The van der Waals surface area contributed by atoms with E-state index in [4.69, 9.17) is 18.6 Å². The average Bonchev–Trinajstić information content (AvgIpc) is 3.27. The number of carbonyl (C=O) groups is 2. The number of aryl methyl sites for hydroxylation is 2. The van der Waals surface area contributed by atoms with Gasteiger partial charge in [0.15, 0.2) is 18.1 Å². The molecule has 144 valence electrons. The van der Waals surface area contributed by atoms with Gasteiger partial charge < -0.3 is 23.9 Å². The Kier molecular flexibility index (Phi) is 4.65. The van der Waals surface area contributed by atoms with Gasteiger partial charge in [0.05, 0.1) is 12.7 Å². The van der Waals surface area contributed by atoms with Crippen molar-refractivity contribution >= 4 is 28.5 Å². The molecule has 3 aromatic rings. The van der Waals surface area contributed by atoms with E-state index in [1.807, 2.05) is 26.0 Å². The number of rotatable bonds is 5. The van der Waals surface area contributed by atoms with E-state index >= 15 is 0 Å². The van der Waals surface area contributed by atoms with Crippen molar-refractivity contribution in [3.05, 3.63) is 53.3 Å². The summed E-state index contributed by atoms with van der Waals surface area (Å²) in [6, 6.07) is 8.98. The minimum Gasteiger partial charge on any atom is -0.464 e. The summed E-state index contributed by atoms with van der Waals surface area (Å²) >= 11 is 0. The van der Waals surface area contributed by atoms with Gasteiger partial charge in [-0.25, -0.2) is 0 Å². The minimum atomic E-state index is -0.498. The maximum Gasteiger partial charge on any atom is 0.310 e. The third-order valence-corrected chi connectivity index (χ3v) is 4.63. The number of benzene rings is 2. The Morgan fingerprint density at radius 3 is 2.71 bits per heavy atom. The lowest BCUT2D eigenvalue weighted by atomic mass is 10.0. The van der Waals surface area contributed by atoms with E-state index in [2.05, 4.69) is 5.32 Å². The van der Waals surface area contributed by atoms with Crippen LogP contribution < -0.4 is 14.8 Å². The number of hydrogen-bond acceptors (Lipinski definition) is 6. The fourth-order valence-electron chi connectivity index (χ4n) is 3.00. The largest absolute Gasteiger partial charge is 0.464 e. The molecule has 2 heterocycles. The number of nitrogens with one attached hydrogen (secondary N) is 1. The highest BCUT2D eigenvalue weighted by Crippen LogP contribution is 2.34. The van der Waals surface area contributed by atoms with Crippen LogP contribution in [-0.2, 0) is 20.7 Å². The molecule has 0 aliphatic carbocycles. The first-order valence-corrected chi connectivity index (χ1v) is 8.82. The fourth-order valence-corrected chi connectivity index (χ4v) is 3.00. The Balaban J connectivity index is 1.33. The first-order chi connectivity index (χ1) is 13.5. The van der Waals surface area contributed by atoms with Crippen molar-refractivity contribution in [2.45, 2.75) is 20.3 Å². The molecule has 7 nitrogen and oxygen atoms in total. The number of furan rings is 1. The molecule has 0 spiro atoms. The van der Waals surface area contributed by atoms with E-state index in [-0.39, 0.29) is 19.8 Å². The highest BCUT2D eigenvalue weighted by atomic mass is 16.7. The van der Waals surface area contributed by atoms with Gasteiger partial charge in [-0.3, -0.25) is 9.59 Å². The summed E-state index contributed by atoms with van der Waals surface area (Å²) < 4.78 is 21.1. The summed E-state index contributed by atoms with van der Waals surface area (Å²) in [6.07, 6.45) is 1.59. The summed E-state index contributed by atoms with van der Waals surface area (Å²) in [4.78, 5) is 24.2. The van der Waals surface area contributed by atoms with Crippen molar-refractivity contribution in [3.8, 4) is 11.5 Å². The van der Waals surface area contributed by atoms with E-state index in [9.17, 15) is 9.59 Å². The maximum atomic E-state index is 12.1. The molecule has 0 bridgehead atoms. The Hall–Kier alpha value is -3.48. The predicted octanol–water partition coefficient (Wildman–Crippen LogP) is 3.50. The van der Waals surface area contributed by atoms with Crippen molar-refractivity contribution in [2.24, 2.45) is 0 Å². The van der Waals surface area contributed by atoms with E-state index in [0.29, 0.717) is 17.2 Å². The SMILES string of the molecule is Cc1cc2occ(CC(=O)OCC(=O)Nc3ccc4c(c3)OCO4)c2cc1C. The lowest BCUT2D eigenvalue weighted by Crippen LogP contribution is -2.21. The highest BCUT2D eigenvalue weighted by Gasteiger charge is 2.16. The number of hydrogen-bond donors (Lipinski definition) is 1. The van der Waals surface area contributed by atoms with Gasteiger partial charge in [-0.1, -0.05) is 0 Å². The summed E-state index contributed by atoms with van der Waals surface area (Å²) in [6.45, 7) is 3.79. The molecule has 0 saturated heterocycles. The van der Waals surface area contributed by atoms with Crippen molar-refractivity contribution in [1.29, 1.82) is 0 Å². The van der Waals surface area contributed by atoms with Crippen LogP contribution in [0.15, 0.2) is 41.0 Å². The lowest BCUT2D eigenvalue weighted by Gasteiger charge is -2.07. The maximum absolute atomic E-state index is 12.1. The molecule has 0 atom stereocenters. The van der Waals surface area contributed by atoms with Gasteiger partial charge >= 0.3 is 5.97 Å². The van der Waals surface area contributed by atoms with Gasteiger partial charge in [-0.15, -0.1) is 0 Å². The third kappa shape index (κ3) is 3.64. The van der Waals surface area contributed by atoms with Gasteiger partial charge in [0.2, 0.25) is 6.79 Å². The number of anilines is 1. The molecule has 7 heteroatoms. The second-order valence-corrected chi connectivity index (χ2v) is 6.65. The summed E-state index contributed by atoms with van der Waals surface area (Å²) in [5.74, 6) is 0.256. The Morgan fingerprint density at radius 2 is 1.86 bits per heavy atom. The molecule has 2 aromatic carbocycles. The van der Waals surface area contributed by atoms with E-state index in [1.165, 1.54) is 0 Å². The van der Waals surface area contributed by atoms with E-state index in [1.54, 1.807) is 24.5 Å². The molecule has 1 aliphatic rings. The van der Waals surface area contributed by atoms with Crippen LogP contribution in [0, 0.1) is 13.8 Å². The summed E-state index contributed by atoms with van der Waals surface area (Å²) in [7, 11) is 0. The van der Waals surface area contributed by atoms with Crippen LogP contribution in [0.3, 0.4) is 0 Å². The monoisotopic (exact) mass is 381 g/mol. The zero-order valence-electron chi connectivity index (χ0n) is 15.5. The summed E-state index contributed by atoms with van der Waals surface area (Å²) in [5, 5.41) is 3.54. The van der Waals surface area contributed by atoms with Crippen molar-refractivity contribution < 1.29 is 28.2 Å². The first kappa shape index (κ1) is 17.9. The Labute approximate surface area is 161 Å². The molecular weight excluding hydrogens is 362 g/mol. The molecule has 4 rings (SSSR count). The number of amides is 1.